The largest absolute Gasteiger partial charge is 0.491 e. The standard InChI is InChI=1S/C12H15FO2/c1-3-4-7-15-12-6-5-10(9(2)14)8-11(12)13/h5-6,8H,3-4,7H2,1-2H3. The SMILES string of the molecule is CCCCOc1ccc(C(C)=O)cc1F. The first-order valence-electron chi connectivity index (χ1n) is 5.08. The Hall–Kier alpha value is -1.38. The first-order valence-corrected chi connectivity index (χ1v) is 5.08. The Balaban J connectivity index is 2.70. The molecule has 0 saturated carbocycles. The molecule has 0 fully saturated rings. The predicted octanol–water partition coefficient (Wildman–Crippen LogP) is 3.21. The summed E-state index contributed by atoms with van der Waals surface area (Å²) in [6.45, 7) is 3.96. The van der Waals surface area contributed by atoms with Crippen molar-refractivity contribution in [1.82, 2.24) is 0 Å². The molecule has 1 aromatic carbocycles. The third-order valence-electron chi connectivity index (χ3n) is 2.09. The fourth-order valence-electron chi connectivity index (χ4n) is 1.16. The van der Waals surface area contributed by atoms with E-state index in [0.29, 0.717) is 12.2 Å². The maximum absolute atomic E-state index is 13.4. The van der Waals surface area contributed by atoms with Crippen molar-refractivity contribution in [3.05, 3.63) is 29.6 Å². The molecule has 0 bridgehead atoms. The highest BCUT2D eigenvalue weighted by Crippen LogP contribution is 2.18. The fourth-order valence-corrected chi connectivity index (χ4v) is 1.16. The Morgan fingerprint density at radius 1 is 1.47 bits per heavy atom. The van der Waals surface area contributed by atoms with Gasteiger partial charge in [0.25, 0.3) is 0 Å². The molecule has 1 aromatic rings. The number of Topliss-reactive ketones (excluding diaryl/α,β-unsaturated/α-hetero) is 1. The van der Waals surface area contributed by atoms with Gasteiger partial charge in [0.1, 0.15) is 0 Å². The molecule has 0 aliphatic carbocycles. The Bertz CT molecular complexity index is 347. The Morgan fingerprint density at radius 3 is 2.73 bits per heavy atom. The maximum atomic E-state index is 13.4. The second-order valence-corrected chi connectivity index (χ2v) is 3.40. The van der Waals surface area contributed by atoms with E-state index in [0.717, 1.165) is 12.8 Å². The van der Waals surface area contributed by atoms with Gasteiger partial charge in [0.15, 0.2) is 17.3 Å². The number of ether oxygens (including phenoxy) is 1. The van der Waals surface area contributed by atoms with Crippen molar-refractivity contribution in [3.8, 4) is 5.75 Å². The van der Waals surface area contributed by atoms with Gasteiger partial charge in [-0.15, -0.1) is 0 Å². The molecule has 0 N–H and O–H groups in total. The molecule has 0 saturated heterocycles. The topological polar surface area (TPSA) is 26.3 Å². The van der Waals surface area contributed by atoms with Crippen LogP contribution in [0.25, 0.3) is 0 Å². The normalized spacial score (nSPS) is 10.1. The van der Waals surface area contributed by atoms with E-state index in [2.05, 4.69) is 0 Å². The average molecular weight is 210 g/mol. The molecule has 82 valence electrons. The molecule has 15 heavy (non-hydrogen) atoms. The molecule has 0 aliphatic rings. The van der Waals surface area contributed by atoms with Gasteiger partial charge >= 0.3 is 0 Å². The van der Waals surface area contributed by atoms with Gasteiger partial charge in [0, 0.05) is 5.56 Å². The van der Waals surface area contributed by atoms with Crippen LogP contribution in [0.1, 0.15) is 37.0 Å². The van der Waals surface area contributed by atoms with Crippen molar-refractivity contribution in [1.29, 1.82) is 0 Å². The maximum Gasteiger partial charge on any atom is 0.165 e. The Kier molecular flexibility index (Phi) is 4.28. The highest BCUT2D eigenvalue weighted by atomic mass is 19.1. The van der Waals surface area contributed by atoms with E-state index in [-0.39, 0.29) is 11.5 Å². The third-order valence-corrected chi connectivity index (χ3v) is 2.09. The van der Waals surface area contributed by atoms with Crippen LogP contribution in [0.15, 0.2) is 18.2 Å². The number of carbonyl (C=O) groups excluding carboxylic acids is 1. The predicted molar refractivity (Wildman–Crippen MR) is 56.8 cm³/mol. The zero-order valence-corrected chi connectivity index (χ0v) is 9.05. The highest BCUT2D eigenvalue weighted by molar-refractivity contribution is 5.94. The summed E-state index contributed by atoms with van der Waals surface area (Å²) in [6.07, 6.45) is 1.90. The van der Waals surface area contributed by atoms with Crippen LogP contribution in [0.2, 0.25) is 0 Å². The van der Waals surface area contributed by atoms with Crippen molar-refractivity contribution in [2.75, 3.05) is 6.61 Å². The lowest BCUT2D eigenvalue weighted by Gasteiger charge is -2.06. The lowest BCUT2D eigenvalue weighted by molar-refractivity contribution is 0.101. The molecular weight excluding hydrogens is 195 g/mol. The van der Waals surface area contributed by atoms with Gasteiger partial charge in [-0.25, -0.2) is 4.39 Å². The van der Waals surface area contributed by atoms with Crippen molar-refractivity contribution in [2.45, 2.75) is 26.7 Å². The van der Waals surface area contributed by atoms with E-state index < -0.39 is 5.82 Å². The molecule has 1 rings (SSSR count). The van der Waals surface area contributed by atoms with Crippen LogP contribution in [0.5, 0.6) is 5.75 Å². The molecule has 0 aromatic heterocycles. The van der Waals surface area contributed by atoms with E-state index in [1.807, 2.05) is 6.92 Å². The van der Waals surface area contributed by atoms with Crippen LogP contribution < -0.4 is 4.74 Å². The molecule has 0 radical (unpaired) electrons. The Morgan fingerprint density at radius 2 is 2.20 bits per heavy atom. The Labute approximate surface area is 89.1 Å². The lowest BCUT2D eigenvalue weighted by atomic mass is 10.1. The van der Waals surface area contributed by atoms with Crippen molar-refractivity contribution < 1.29 is 13.9 Å². The van der Waals surface area contributed by atoms with Crippen LogP contribution in [0.3, 0.4) is 0 Å². The number of rotatable bonds is 5. The van der Waals surface area contributed by atoms with Gasteiger partial charge in [-0.05, 0) is 31.5 Å². The summed E-state index contributed by atoms with van der Waals surface area (Å²) in [7, 11) is 0. The molecule has 3 heteroatoms. The van der Waals surface area contributed by atoms with Gasteiger partial charge in [0.2, 0.25) is 0 Å². The van der Waals surface area contributed by atoms with Crippen molar-refractivity contribution in [2.24, 2.45) is 0 Å². The van der Waals surface area contributed by atoms with Gasteiger partial charge in [-0.1, -0.05) is 13.3 Å². The van der Waals surface area contributed by atoms with Crippen molar-refractivity contribution >= 4 is 5.78 Å². The van der Waals surface area contributed by atoms with Crippen LogP contribution in [-0.2, 0) is 0 Å². The van der Waals surface area contributed by atoms with Gasteiger partial charge in [-0.3, -0.25) is 4.79 Å². The number of ketones is 1. The molecule has 0 spiro atoms. The zero-order valence-electron chi connectivity index (χ0n) is 9.05. The lowest BCUT2D eigenvalue weighted by Crippen LogP contribution is -2.00. The van der Waals surface area contributed by atoms with Crippen LogP contribution >= 0.6 is 0 Å². The fraction of sp³-hybridized carbons (Fsp3) is 0.417. The average Bonchev–Trinajstić information content (AvgIpc) is 2.20. The summed E-state index contributed by atoms with van der Waals surface area (Å²) >= 11 is 0. The van der Waals surface area contributed by atoms with Gasteiger partial charge in [-0.2, -0.15) is 0 Å². The third kappa shape index (κ3) is 3.35. The zero-order chi connectivity index (χ0) is 11.3. The minimum absolute atomic E-state index is 0.144. The van der Waals surface area contributed by atoms with E-state index in [9.17, 15) is 9.18 Å². The van der Waals surface area contributed by atoms with Crippen LogP contribution in [-0.4, -0.2) is 12.4 Å². The molecule has 0 unspecified atom stereocenters. The van der Waals surface area contributed by atoms with Crippen LogP contribution in [0, 0.1) is 5.82 Å². The minimum atomic E-state index is -0.473. The number of hydrogen-bond acceptors (Lipinski definition) is 2. The summed E-state index contributed by atoms with van der Waals surface area (Å²) in [5, 5.41) is 0. The summed E-state index contributed by atoms with van der Waals surface area (Å²) in [6, 6.07) is 4.29. The first-order chi connectivity index (χ1) is 7.15. The number of unbranched alkanes of at least 4 members (excludes halogenated alkanes) is 1. The number of halogens is 1. The monoisotopic (exact) mass is 210 g/mol. The molecule has 0 amide bonds. The minimum Gasteiger partial charge on any atom is -0.491 e. The summed E-state index contributed by atoms with van der Waals surface area (Å²) in [4.78, 5) is 11.0. The van der Waals surface area contributed by atoms with E-state index in [1.165, 1.54) is 19.1 Å². The number of hydrogen-bond donors (Lipinski definition) is 0. The molecule has 0 atom stereocenters. The van der Waals surface area contributed by atoms with Gasteiger partial charge in [0.05, 0.1) is 6.61 Å². The quantitative estimate of drug-likeness (QED) is 0.551. The van der Waals surface area contributed by atoms with E-state index in [4.69, 9.17) is 4.74 Å². The summed E-state index contributed by atoms with van der Waals surface area (Å²) in [5.74, 6) is -0.402. The number of carbonyl (C=O) groups is 1. The first kappa shape index (κ1) is 11.7. The van der Waals surface area contributed by atoms with E-state index >= 15 is 0 Å². The highest BCUT2D eigenvalue weighted by Gasteiger charge is 2.06. The summed E-state index contributed by atoms with van der Waals surface area (Å²) in [5.41, 5.74) is 0.371. The smallest absolute Gasteiger partial charge is 0.165 e. The molecule has 0 heterocycles. The second-order valence-electron chi connectivity index (χ2n) is 3.40. The second kappa shape index (κ2) is 5.49. The molecule has 2 nitrogen and oxygen atoms in total. The van der Waals surface area contributed by atoms with E-state index in [1.54, 1.807) is 6.07 Å². The number of benzene rings is 1. The molecule has 0 aliphatic heterocycles. The molecular formula is C12H15FO2. The van der Waals surface area contributed by atoms with Crippen molar-refractivity contribution in [3.63, 3.8) is 0 Å². The van der Waals surface area contributed by atoms with Gasteiger partial charge < -0.3 is 4.74 Å². The van der Waals surface area contributed by atoms with Crippen LogP contribution in [0.4, 0.5) is 4.39 Å². The summed E-state index contributed by atoms with van der Waals surface area (Å²) < 4.78 is 18.6.